The van der Waals surface area contributed by atoms with Crippen molar-refractivity contribution >= 4 is 0 Å². The Kier molecular flexibility index (Phi) is 5.66. The highest BCUT2D eigenvalue weighted by molar-refractivity contribution is 4.89. The fraction of sp³-hybridized carbons (Fsp3) is 1.00. The summed E-state index contributed by atoms with van der Waals surface area (Å²) in [5, 5.41) is 0. The number of nitrogens with zero attached hydrogens (tertiary/aromatic N) is 1. The second-order valence-corrected chi connectivity index (χ2v) is 5.38. The molecule has 1 heterocycles. The minimum absolute atomic E-state index is 0.692. The van der Waals surface area contributed by atoms with Crippen LogP contribution in [-0.4, -0.2) is 24.5 Å². The minimum atomic E-state index is 0.692. The summed E-state index contributed by atoms with van der Waals surface area (Å²) in [6, 6.07) is 0. The first-order chi connectivity index (χ1) is 7.26. The van der Waals surface area contributed by atoms with Crippen molar-refractivity contribution in [3.8, 4) is 0 Å². The lowest BCUT2D eigenvalue weighted by Gasteiger charge is -2.29. The van der Waals surface area contributed by atoms with E-state index in [4.69, 9.17) is 0 Å². The van der Waals surface area contributed by atoms with Crippen LogP contribution in [0, 0.1) is 5.41 Å². The first kappa shape index (κ1) is 13.0. The van der Waals surface area contributed by atoms with Gasteiger partial charge in [0.15, 0.2) is 0 Å². The maximum atomic E-state index is 2.70. The normalized spacial score (nSPS) is 21.0. The van der Waals surface area contributed by atoms with E-state index >= 15 is 0 Å². The van der Waals surface area contributed by atoms with E-state index in [1.54, 1.807) is 0 Å². The minimum Gasteiger partial charge on any atom is -0.303 e. The predicted octanol–water partition coefficient (Wildman–Crippen LogP) is 4.08. The van der Waals surface area contributed by atoms with Gasteiger partial charge in [0, 0.05) is 6.54 Å². The van der Waals surface area contributed by atoms with Gasteiger partial charge < -0.3 is 4.90 Å². The lowest BCUT2D eigenvalue weighted by atomic mass is 9.79. The Bertz CT molecular complexity index is 159. The maximum absolute atomic E-state index is 2.70. The van der Waals surface area contributed by atoms with Crippen LogP contribution in [0.3, 0.4) is 0 Å². The second kappa shape index (κ2) is 6.52. The standard InChI is InChI=1S/C14H29N/c1-4-7-11-15-12-10-14(13-15,8-5-2)9-6-3/h4-13H2,1-3H3. The van der Waals surface area contributed by atoms with Crippen molar-refractivity contribution in [3.63, 3.8) is 0 Å². The maximum Gasteiger partial charge on any atom is 0.00384 e. The predicted molar refractivity (Wildman–Crippen MR) is 68.2 cm³/mol. The highest BCUT2D eigenvalue weighted by Gasteiger charge is 2.35. The summed E-state index contributed by atoms with van der Waals surface area (Å²) in [6.07, 6.45) is 9.80. The molecule has 1 aliphatic rings. The number of rotatable bonds is 7. The van der Waals surface area contributed by atoms with E-state index in [1.165, 1.54) is 64.6 Å². The van der Waals surface area contributed by atoms with Crippen LogP contribution < -0.4 is 0 Å². The summed E-state index contributed by atoms with van der Waals surface area (Å²) in [6.45, 7) is 11.1. The molecule has 0 aromatic rings. The molecule has 0 atom stereocenters. The Labute approximate surface area is 96.2 Å². The molecule has 90 valence electrons. The van der Waals surface area contributed by atoms with Gasteiger partial charge in [0.25, 0.3) is 0 Å². The lowest BCUT2D eigenvalue weighted by molar-refractivity contribution is 0.219. The van der Waals surface area contributed by atoms with Gasteiger partial charge in [-0.15, -0.1) is 0 Å². The van der Waals surface area contributed by atoms with Gasteiger partial charge in [0.1, 0.15) is 0 Å². The molecule has 15 heavy (non-hydrogen) atoms. The summed E-state index contributed by atoms with van der Waals surface area (Å²) in [5.41, 5.74) is 0.692. The van der Waals surface area contributed by atoms with E-state index in [-0.39, 0.29) is 0 Å². The van der Waals surface area contributed by atoms with E-state index in [1.807, 2.05) is 0 Å². The van der Waals surface area contributed by atoms with Crippen molar-refractivity contribution in [2.24, 2.45) is 5.41 Å². The number of likely N-dealkylation sites (tertiary alicyclic amines) is 1. The summed E-state index contributed by atoms with van der Waals surface area (Å²) in [7, 11) is 0. The van der Waals surface area contributed by atoms with Crippen molar-refractivity contribution in [2.75, 3.05) is 19.6 Å². The van der Waals surface area contributed by atoms with Crippen molar-refractivity contribution in [1.82, 2.24) is 4.90 Å². The molecule has 0 aliphatic carbocycles. The quantitative estimate of drug-likeness (QED) is 0.613. The van der Waals surface area contributed by atoms with Crippen LogP contribution in [0.4, 0.5) is 0 Å². The molecule has 1 nitrogen and oxygen atoms in total. The van der Waals surface area contributed by atoms with Crippen LogP contribution in [0.2, 0.25) is 0 Å². The van der Waals surface area contributed by atoms with Gasteiger partial charge >= 0.3 is 0 Å². The first-order valence-corrected chi connectivity index (χ1v) is 6.98. The monoisotopic (exact) mass is 211 g/mol. The Morgan fingerprint density at radius 3 is 2.20 bits per heavy atom. The van der Waals surface area contributed by atoms with Gasteiger partial charge in [-0.3, -0.25) is 0 Å². The van der Waals surface area contributed by atoms with Crippen LogP contribution >= 0.6 is 0 Å². The zero-order valence-electron chi connectivity index (χ0n) is 11.0. The number of hydrogen-bond acceptors (Lipinski definition) is 1. The molecule has 1 fully saturated rings. The van der Waals surface area contributed by atoms with Crippen LogP contribution in [0.5, 0.6) is 0 Å². The summed E-state index contributed by atoms with van der Waals surface area (Å²) in [4.78, 5) is 2.70. The average Bonchev–Trinajstić information content (AvgIpc) is 2.60. The molecule has 1 saturated heterocycles. The Morgan fingerprint density at radius 2 is 1.67 bits per heavy atom. The number of hydrogen-bond donors (Lipinski definition) is 0. The smallest absolute Gasteiger partial charge is 0.00384 e. The molecule has 0 unspecified atom stereocenters. The zero-order valence-corrected chi connectivity index (χ0v) is 11.0. The highest BCUT2D eigenvalue weighted by Crippen LogP contribution is 2.39. The molecule has 0 N–H and O–H groups in total. The SMILES string of the molecule is CCCCN1CCC(CCC)(CCC)C1. The Morgan fingerprint density at radius 1 is 1.00 bits per heavy atom. The van der Waals surface area contributed by atoms with Crippen LogP contribution in [-0.2, 0) is 0 Å². The molecule has 0 aromatic heterocycles. The van der Waals surface area contributed by atoms with Gasteiger partial charge in [-0.25, -0.2) is 0 Å². The van der Waals surface area contributed by atoms with Crippen molar-refractivity contribution in [3.05, 3.63) is 0 Å². The van der Waals surface area contributed by atoms with E-state index in [0.717, 1.165) is 0 Å². The highest BCUT2D eigenvalue weighted by atomic mass is 15.2. The third-order valence-corrected chi connectivity index (χ3v) is 3.91. The molecule has 0 saturated carbocycles. The summed E-state index contributed by atoms with van der Waals surface area (Å²) >= 11 is 0. The van der Waals surface area contributed by atoms with Crippen molar-refractivity contribution < 1.29 is 0 Å². The topological polar surface area (TPSA) is 3.24 Å². The van der Waals surface area contributed by atoms with Crippen molar-refractivity contribution in [2.45, 2.75) is 65.7 Å². The van der Waals surface area contributed by atoms with Crippen LogP contribution in [0.1, 0.15) is 65.7 Å². The Balaban J connectivity index is 2.40. The second-order valence-electron chi connectivity index (χ2n) is 5.38. The number of unbranched alkanes of at least 4 members (excludes halogenated alkanes) is 1. The average molecular weight is 211 g/mol. The van der Waals surface area contributed by atoms with E-state index in [2.05, 4.69) is 25.7 Å². The molecule has 0 aromatic carbocycles. The molecule has 0 spiro atoms. The zero-order chi connectivity index (χ0) is 11.1. The van der Waals surface area contributed by atoms with Gasteiger partial charge in [-0.2, -0.15) is 0 Å². The largest absolute Gasteiger partial charge is 0.303 e. The van der Waals surface area contributed by atoms with Gasteiger partial charge in [-0.05, 0) is 44.2 Å². The molecule has 1 aliphatic heterocycles. The van der Waals surface area contributed by atoms with E-state index in [9.17, 15) is 0 Å². The molecular weight excluding hydrogens is 182 g/mol. The van der Waals surface area contributed by atoms with Gasteiger partial charge in [0.05, 0.1) is 0 Å². The first-order valence-electron chi connectivity index (χ1n) is 6.98. The van der Waals surface area contributed by atoms with E-state index < -0.39 is 0 Å². The summed E-state index contributed by atoms with van der Waals surface area (Å²) in [5.74, 6) is 0. The Hall–Kier alpha value is -0.0400. The molecule has 0 bridgehead atoms. The summed E-state index contributed by atoms with van der Waals surface area (Å²) < 4.78 is 0. The molecule has 1 heteroatoms. The fourth-order valence-electron chi connectivity index (χ4n) is 3.19. The van der Waals surface area contributed by atoms with E-state index in [0.29, 0.717) is 5.41 Å². The molecule has 1 rings (SSSR count). The molecule has 0 amide bonds. The molecular formula is C14H29N. The van der Waals surface area contributed by atoms with Crippen LogP contribution in [0.25, 0.3) is 0 Å². The third kappa shape index (κ3) is 3.79. The fourth-order valence-corrected chi connectivity index (χ4v) is 3.19. The third-order valence-electron chi connectivity index (χ3n) is 3.91. The van der Waals surface area contributed by atoms with Crippen molar-refractivity contribution in [1.29, 1.82) is 0 Å². The van der Waals surface area contributed by atoms with Gasteiger partial charge in [-0.1, -0.05) is 40.0 Å². The lowest BCUT2D eigenvalue weighted by Crippen LogP contribution is -2.28. The van der Waals surface area contributed by atoms with Crippen LogP contribution in [0.15, 0.2) is 0 Å². The van der Waals surface area contributed by atoms with Gasteiger partial charge in [0.2, 0.25) is 0 Å². The molecule has 0 radical (unpaired) electrons.